The molecule has 5 heteroatoms. The van der Waals surface area contributed by atoms with Crippen molar-refractivity contribution in [3.8, 4) is 5.75 Å². The third-order valence-electron chi connectivity index (χ3n) is 2.52. The van der Waals surface area contributed by atoms with Crippen molar-refractivity contribution in [3.05, 3.63) is 29.8 Å². The lowest BCUT2D eigenvalue weighted by atomic mass is 10.1. The molecule has 2 nitrogen and oxygen atoms in total. The van der Waals surface area contributed by atoms with Crippen LogP contribution in [0.2, 0.25) is 0 Å². The van der Waals surface area contributed by atoms with Gasteiger partial charge in [0.05, 0.1) is 0 Å². The van der Waals surface area contributed by atoms with Gasteiger partial charge in [0, 0.05) is 6.04 Å². The number of alkyl halides is 3. The minimum atomic E-state index is -4.35. The molecule has 0 spiro atoms. The molecule has 96 valence electrons. The highest BCUT2D eigenvalue weighted by molar-refractivity contribution is 5.29. The van der Waals surface area contributed by atoms with Crippen LogP contribution in [-0.2, 0) is 0 Å². The fourth-order valence-electron chi connectivity index (χ4n) is 1.30. The second-order valence-corrected chi connectivity index (χ2v) is 3.89. The number of nitrogens with two attached hydrogens (primary N) is 1. The van der Waals surface area contributed by atoms with Gasteiger partial charge in [0.1, 0.15) is 5.75 Å². The van der Waals surface area contributed by atoms with E-state index < -0.39 is 12.3 Å². The van der Waals surface area contributed by atoms with Crippen LogP contribution < -0.4 is 10.5 Å². The van der Waals surface area contributed by atoms with Gasteiger partial charge in [-0.25, -0.2) is 0 Å². The summed E-state index contributed by atoms with van der Waals surface area (Å²) in [6.07, 6.45) is -5.38. The van der Waals surface area contributed by atoms with Gasteiger partial charge in [-0.05, 0) is 31.0 Å². The van der Waals surface area contributed by atoms with Crippen molar-refractivity contribution in [3.63, 3.8) is 0 Å². The molecule has 17 heavy (non-hydrogen) atoms. The maximum absolute atomic E-state index is 12.3. The summed E-state index contributed by atoms with van der Waals surface area (Å²) >= 11 is 0. The molecular formula is C12H16F3NO. The number of benzene rings is 1. The number of hydrogen-bond acceptors (Lipinski definition) is 2. The zero-order valence-corrected chi connectivity index (χ0v) is 9.79. The van der Waals surface area contributed by atoms with E-state index in [0.29, 0.717) is 0 Å². The highest BCUT2D eigenvalue weighted by Gasteiger charge is 2.37. The number of hydrogen-bond donors (Lipinski definition) is 1. The predicted molar refractivity (Wildman–Crippen MR) is 59.8 cm³/mol. The summed E-state index contributed by atoms with van der Waals surface area (Å²) in [5.74, 6) is 0.196. The molecule has 1 aromatic carbocycles. The van der Waals surface area contributed by atoms with E-state index >= 15 is 0 Å². The average molecular weight is 247 g/mol. The van der Waals surface area contributed by atoms with Gasteiger partial charge in [0.15, 0.2) is 6.10 Å². The second-order valence-electron chi connectivity index (χ2n) is 3.89. The van der Waals surface area contributed by atoms with Crippen LogP contribution in [0, 0.1) is 0 Å². The van der Waals surface area contributed by atoms with Gasteiger partial charge in [0.25, 0.3) is 0 Å². The van der Waals surface area contributed by atoms with Crippen LogP contribution in [0.1, 0.15) is 31.9 Å². The molecule has 0 aliphatic heterocycles. The Morgan fingerprint density at radius 3 is 2.18 bits per heavy atom. The fourth-order valence-corrected chi connectivity index (χ4v) is 1.30. The second kappa shape index (κ2) is 5.40. The first kappa shape index (κ1) is 13.8. The lowest BCUT2D eigenvalue weighted by Crippen LogP contribution is -2.31. The van der Waals surface area contributed by atoms with E-state index in [4.69, 9.17) is 10.5 Å². The number of ether oxygens (including phenoxy) is 1. The molecule has 1 aromatic rings. The summed E-state index contributed by atoms with van der Waals surface area (Å²) in [4.78, 5) is 0. The van der Waals surface area contributed by atoms with Crippen LogP contribution in [0.15, 0.2) is 24.3 Å². The van der Waals surface area contributed by atoms with Crippen LogP contribution in [-0.4, -0.2) is 12.3 Å². The third-order valence-corrected chi connectivity index (χ3v) is 2.52. The molecule has 0 saturated heterocycles. The van der Waals surface area contributed by atoms with Gasteiger partial charge >= 0.3 is 6.18 Å². The summed E-state index contributed by atoms with van der Waals surface area (Å²) in [5, 5.41) is 0. The molecule has 0 heterocycles. The van der Waals surface area contributed by atoms with Crippen molar-refractivity contribution in [2.75, 3.05) is 0 Å². The molecule has 0 aliphatic carbocycles. The van der Waals surface area contributed by atoms with Crippen LogP contribution in [0.25, 0.3) is 0 Å². The molecule has 2 N–H and O–H groups in total. The standard InChI is InChI=1S/C12H16F3NO/c1-3-11(16)9-4-6-10(7-5-9)17-8(2)12(13,14)15/h4-8,11H,3,16H2,1-2H3. The maximum Gasteiger partial charge on any atom is 0.425 e. The third kappa shape index (κ3) is 3.93. The first-order valence-electron chi connectivity index (χ1n) is 5.43. The summed E-state index contributed by atoms with van der Waals surface area (Å²) in [6.45, 7) is 2.92. The summed E-state index contributed by atoms with van der Waals surface area (Å²) in [7, 11) is 0. The zero-order valence-electron chi connectivity index (χ0n) is 9.79. The minimum absolute atomic E-state index is 0.0934. The Labute approximate surface area is 98.6 Å². The monoisotopic (exact) mass is 247 g/mol. The number of halogens is 3. The van der Waals surface area contributed by atoms with Crippen molar-refractivity contribution in [1.29, 1.82) is 0 Å². The topological polar surface area (TPSA) is 35.2 Å². The van der Waals surface area contributed by atoms with E-state index in [1.54, 1.807) is 12.1 Å². The molecule has 0 bridgehead atoms. The molecular weight excluding hydrogens is 231 g/mol. The van der Waals surface area contributed by atoms with Gasteiger partial charge < -0.3 is 10.5 Å². The van der Waals surface area contributed by atoms with Crippen molar-refractivity contribution in [1.82, 2.24) is 0 Å². The average Bonchev–Trinajstić information content (AvgIpc) is 2.27. The van der Waals surface area contributed by atoms with Crippen molar-refractivity contribution in [2.24, 2.45) is 5.73 Å². The van der Waals surface area contributed by atoms with E-state index in [2.05, 4.69) is 0 Å². The van der Waals surface area contributed by atoms with Gasteiger partial charge in [-0.1, -0.05) is 19.1 Å². The SMILES string of the molecule is CCC(N)c1ccc(OC(C)C(F)(F)F)cc1. The van der Waals surface area contributed by atoms with E-state index in [-0.39, 0.29) is 11.8 Å². The Morgan fingerprint density at radius 2 is 1.76 bits per heavy atom. The van der Waals surface area contributed by atoms with Crippen LogP contribution in [0.4, 0.5) is 13.2 Å². The first-order chi connectivity index (χ1) is 7.84. The van der Waals surface area contributed by atoms with Crippen molar-refractivity contribution >= 4 is 0 Å². The molecule has 0 aliphatic rings. The highest BCUT2D eigenvalue weighted by atomic mass is 19.4. The zero-order chi connectivity index (χ0) is 13.1. The van der Waals surface area contributed by atoms with Crippen molar-refractivity contribution in [2.45, 2.75) is 38.6 Å². The van der Waals surface area contributed by atoms with E-state index in [1.807, 2.05) is 6.92 Å². The smallest absolute Gasteiger partial charge is 0.425 e. The van der Waals surface area contributed by atoms with E-state index in [1.165, 1.54) is 12.1 Å². The van der Waals surface area contributed by atoms with Crippen LogP contribution >= 0.6 is 0 Å². The molecule has 0 saturated carbocycles. The Bertz CT molecular complexity index is 348. The van der Waals surface area contributed by atoms with Crippen LogP contribution in [0.3, 0.4) is 0 Å². The molecule has 0 fully saturated rings. The summed E-state index contributed by atoms with van der Waals surface area (Å²) in [5.41, 5.74) is 6.68. The van der Waals surface area contributed by atoms with Gasteiger partial charge in [-0.15, -0.1) is 0 Å². The van der Waals surface area contributed by atoms with Crippen molar-refractivity contribution < 1.29 is 17.9 Å². The lowest BCUT2D eigenvalue weighted by Gasteiger charge is -2.18. The molecule has 2 unspecified atom stereocenters. The first-order valence-corrected chi connectivity index (χ1v) is 5.43. The van der Waals surface area contributed by atoms with Crippen LogP contribution in [0.5, 0.6) is 5.75 Å². The molecule has 2 atom stereocenters. The molecule has 0 aromatic heterocycles. The van der Waals surface area contributed by atoms with Gasteiger partial charge in [-0.3, -0.25) is 0 Å². The Balaban J connectivity index is 2.69. The lowest BCUT2D eigenvalue weighted by molar-refractivity contribution is -0.189. The largest absolute Gasteiger partial charge is 0.481 e. The van der Waals surface area contributed by atoms with Gasteiger partial charge in [0.2, 0.25) is 0 Å². The van der Waals surface area contributed by atoms with E-state index in [9.17, 15) is 13.2 Å². The summed E-state index contributed by atoms with van der Waals surface area (Å²) in [6, 6.07) is 6.29. The molecule has 0 amide bonds. The quantitative estimate of drug-likeness (QED) is 0.884. The van der Waals surface area contributed by atoms with Gasteiger partial charge in [-0.2, -0.15) is 13.2 Å². The maximum atomic E-state index is 12.3. The Morgan fingerprint density at radius 1 is 1.24 bits per heavy atom. The normalized spacial score (nSPS) is 15.4. The predicted octanol–water partition coefficient (Wildman–Crippen LogP) is 3.43. The Kier molecular flexibility index (Phi) is 4.40. The summed E-state index contributed by atoms with van der Waals surface area (Å²) < 4.78 is 41.5. The molecule has 1 rings (SSSR count). The minimum Gasteiger partial charge on any atom is -0.481 e. The Hall–Kier alpha value is -1.23. The highest BCUT2D eigenvalue weighted by Crippen LogP contribution is 2.25. The fraction of sp³-hybridized carbons (Fsp3) is 0.500. The van der Waals surface area contributed by atoms with E-state index in [0.717, 1.165) is 18.9 Å². The number of rotatable bonds is 4. The molecule has 0 radical (unpaired) electrons.